The van der Waals surface area contributed by atoms with Crippen molar-refractivity contribution in [3.05, 3.63) is 56.2 Å². The number of aryl methyl sites for hydroxylation is 1. The number of rotatable bonds is 4. The number of pyridine rings is 1. The van der Waals surface area contributed by atoms with Gasteiger partial charge in [-0.15, -0.1) is 0 Å². The molecule has 5 nitrogen and oxygen atoms in total. The summed E-state index contributed by atoms with van der Waals surface area (Å²) in [6, 6.07) is 7.97. The van der Waals surface area contributed by atoms with Gasteiger partial charge in [0.15, 0.2) is 6.61 Å². The summed E-state index contributed by atoms with van der Waals surface area (Å²) in [5.74, 6) is -1.16. The molecule has 1 heterocycles. The first-order chi connectivity index (χ1) is 10.8. The van der Waals surface area contributed by atoms with Gasteiger partial charge in [-0.25, -0.2) is 9.78 Å². The van der Waals surface area contributed by atoms with Crippen LogP contribution in [0.1, 0.15) is 15.9 Å². The molecule has 23 heavy (non-hydrogen) atoms. The Kier molecular flexibility index (Phi) is 5.98. The highest BCUT2D eigenvalue weighted by Gasteiger charge is 2.13. The summed E-state index contributed by atoms with van der Waals surface area (Å²) in [5, 5.41) is 2.78. The van der Waals surface area contributed by atoms with Gasteiger partial charge in [-0.1, -0.05) is 39.1 Å². The highest BCUT2D eigenvalue weighted by Crippen LogP contribution is 2.20. The quantitative estimate of drug-likeness (QED) is 0.596. The summed E-state index contributed by atoms with van der Waals surface area (Å²) in [5.41, 5.74) is 1.71. The largest absolute Gasteiger partial charge is 0.452 e. The maximum absolute atomic E-state index is 11.9. The molecule has 1 aromatic carbocycles. The minimum absolute atomic E-state index is 0.0687. The van der Waals surface area contributed by atoms with Gasteiger partial charge in [-0.2, -0.15) is 0 Å². The summed E-state index contributed by atoms with van der Waals surface area (Å²) >= 11 is 14.8. The van der Waals surface area contributed by atoms with Crippen LogP contribution in [0.4, 0.5) is 5.69 Å². The van der Waals surface area contributed by atoms with Crippen LogP contribution in [0.15, 0.2) is 34.8 Å². The number of ether oxygens (including phenoxy) is 1. The zero-order valence-corrected chi connectivity index (χ0v) is 15.0. The fraction of sp³-hybridized carbons (Fsp3) is 0.133. The van der Waals surface area contributed by atoms with E-state index in [0.717, 1.165) is 10.0 Å². The van der Waals surface area contributed by atoms with Crippen molar-refractivity contribution in [2.45, 2.75) is 6.92 Å². The van der Waals surface area contributed by atoms with Crippen molar-refractivity contribution in [1.82, 2.24) is 4.98 Å². The van der Waals surface area contributed by atoms with Crippen LogP contribution in [-0.4, -0.2) is 23.5 Å². The van der Waals surface area contributed by atoms with E-state index in [1.54, 1.807) is 12.1 Å². The van der Waals surface area contributed by atoms with Crippen molar-refractivity contribution in [3.63, 3.8) is 0 Å². The van der Waals surface area contributed by atoms with Gasteiger partial charge in [0.1, 0.15) is 10.3 Å². The van der Waals surface area contributed by atoms with Gasteiger partial charge in [0.2, 0.25) is 0 Å². The predicted molar refractivity (Wildman–Crippen MR) is 92.0 cm³/mol. The van der Waals surface area contributed by atoms with E-state index in [9.17, 15) is 9.59 Å². The Morgan fingerprint density at radius 2 is 1.87 bits per heavy atom. The van der Waals surface area contributed by atoms with Crippen LogP contribution in [0.3, 0.4) is 0 Å². The molecular formula is C15H11BrCl2N2O3. The van der Waals surface area contributed by atoms with Gasteiger partial charge in [0, 0.05) is 10.2 Å². The number of nitrogens with one attached hydrogen (secondary N) is 1. The number of halogens is 3. The minimum Gasteiger partial charge on any atom is -0.452 e. The average Bonchev–Trinajstić information content (AvgIpc) is 2.47. The lowest BCUT2D eigenvalue weighted by Gasteiger charge is -2.08. The van der Waals surface area contributed by atoms with E-state index in [1.165, 1.54) is 12.1 Å². The van der Waals surface area contributed by atoms with Crippen LogP contribution in [0.25, 0.3) is 0 Å². The van der Waals surface area contributed by atoms with Gasteiger partial charge in [0.05, 0.1) is 5.56 Å². The van der Waals surface area contributed by atoms with Crippen LogP contribution in [0.2, 0.25) is 10.3 Å². The Bertz CT molecular complexity index is 748. The monoisotopic (exact) mass is 416 g/mol. The normalized spacial score (nSPS) is 10.3. The summed E-state index contributed by atoms with van der Waals surface area (Å²) in [7, 11) is 0. The number of anilines is 1. The van der Waals surface area contributed by atoms with Crippen LogP contribution in [-0.2, 0) is 9.53 Å². The molecule has 0 saturated carbocycles. The van der Waals surface area contributed by atoms with Gasteiger partial charge in [-0.3, -0.25) is 4.79 Å². The standard InChI is InChI=1S/C15H11BrCl2N2O3/c1-8-4-10(2-3-11(8)16)19-14(21)7-23-15(22)9-5-12(17)20-13(18)6-9/h2-6H,7H2,1H3,(H,19,21). The van der Waals surface area contributed by atoms with Crippen LogP contribution in [0, 0.1) is 6.92 Å². The molecule has 8 heteroatoms. The second kappa shape index (κ2) is 7.77. The number of carbonyl (C=O) groups excluding carboxylic acids is 2. The number of nitrogens with zero attached hydrogens (tertiary/aromatic N) is 1. The number of esters is 1. The number of hydrogen-bond donors (Lipinski definition) is 1. The number of carbonyl (C=O) groups is 2. The summed E-state index contributed by atoms with van der Waals surface area (Å²) in [6.07, 6.45) is 0. The molecule has 0 aliphatic carbocycles. The van der Waals surface area contributed by atoms with Crippen molar-refractivity contribution < 1.29 is 14.3 Å². The Hall–Kier alpha value is -1.63. The lowest BCUT2D eigenvalue weighted by Crippen LogP contribution is -2.21. The molecule has 0 radical (unpaired) electrons. The molecule has 1 amide bonds. The average molecular weight is 418 g/mol. The second-order valence-corrected chi connectivity index (χ2v) is 6.22. The third-order valence-electron chi connectivity index (χ3n) is 2.77. The molecule has 120 valence electrons. The highest BCUT2D eigenvalue weighted by atomic mass is 79.9. The number of aromatic nitrogens is 1. The first-order valence-electron chi connectivity index (χ1n) is 6.41. The fourth-order valence-electron chi connectivity index (χ4n) is 1.72. The van der Waals surface area contributed by atoms with Crippen LogP contribution in [0.5, 0.6) is 0 Å². The third kappa shape index (κ3) is 5.20. The van der Waals surface area contributed by atoms with E-state index < -0.39 is 18.5 Å². The maximum Gasteiger partial charge on any atom is 0.338 e. The molecule has 0 spiro atoms. The van der Waals surface area contributed by atoms with E-state index in [-0.39, 0.29) is 15.9 Å². The van der Waals surface area contributed by atoms with E-state index >= 15 is 0 Å². The summed E-state index contributed by atoms with van der Waals surface area (Å²) in [6.45, 7) is 1.47. The smallest absolute Gasteiger partial charge is 0.338 e. The minimum atomic E-state index is -0.710. The topological polar surface area (TPSA) is 68.3 Å². The van der Waals surface area contributed by atoms with E-state index in [1.807, 2.05) is 13.0 Å². The van der Waals surface area contributed by atoms with Crippen LogP contribution < -0.4 is 5.32 Å². The lowest BCUT2D eigenvalue weighted by molar-refractivity contribution is -0.119. The van der Waals surface area contributed by atoms with Crippen molar-refractivity contribution in [1.29, 1.82) is 0 Å². The van der Waals surface area contributed by atoms with E-state index in [0.29, 0.717) is 5.69 Å². The van der Waals surface area contributed by atoms with Crippen molar-refractivity contribution in [2.75, 3.05) is 11.9 Å². The zero-order valence-electron chi connectivity index (χ0n) is 11.9. The first kappa shape index (κ1) is 17.7. The SMILES string of the molecule is Cc1cc(NC(=O)COC(=O)c2cc(Cl)nc(Cl)c2)ccc1Br. The second-order valence-electron chi connectivity index (χ2n) is 4.59. The molecule has 2 aromatic rings. The molecular weight excluding hydrogens is 407 g/mol. The molecule has 1 aromatic heterocycles. The Morgan fingerprint density at radius 3 is 2.48 bits per heavy atom. The Balaban J connectivity index is 1.93. The summed E-state index contributed by atoms with van der Waals surface area (Å²) < 4.78 is 5.86. The number of amides is 1. The molecule has 0 fully saturated rings. The predicted octanol–water partition coefficient (Wildman–Crippen LogP) is 4.25. The molecule has 2 rings (SSSR count). The van der Waals surface area contributed by atoms with Crippen LogP contribution >= 0.6 is 39.1 Å². The van der Waals surface area contributed by atoms with E-state index in [2.05, 4.69) is 26.2 Å². The number of hydrogen-bond acceptors (Lipinski definition) is 4. The fourth-order valence-corrected chi connectivity index (χ4v) is 2.42. The molecule has 0 bridgehead atoms. The molecule has 0 aliphatic heterocycles. The maximum atomic E-state index is 11.9. The Labute approximate surface area is 151 Å². The van der Waals surface area contributed by atoms with Gasteiger partial charge in [-0.05, 0) is 42.8 Å². The summed E-state index contributed by atoms with van der Waals surface area (Å²) in [4.78, 5) is 27.4. The molecule has 0 saturated heterocycles. The van der Waals surface area contributed by atoms with Crippen molar-refractivity contribution in [2.24, 2.45) is 0 Å². The van der Waals surface area contributed by atoms with Gasteiger partial charge in [0.25, 0.3) is 5.91 Å². The van der Waals surface area contributed by atoms with Crippen molar-refractivity contribution >= 4 is 56.7 Å². The molecule has 0 atom stereocenters. The molecule has 0 unspecified atom stereocenters. The van der Waals surface area contributed by atoms with Crippen molar-refractivity contribution in [3.8, 4) is 0 Å². The lowest BCUT2D eigenvalue weighted by atomic mass is 10.2. The first-order valence-corrected chi connectivity index (χ1v) is 7.96. The zero-order chi connectivity index (χ0) is 17.0. The van der Waals surface area contributed by atoms with E-state index in [4.69, 9.17) is 27.9 Å². The highest BCUT2D eigenvalue weighted by molar-refractivity contribution is 9.10. The number of benzene rings is 1. The molecule has 1 N–H and O–H groups in total. The molecule has 0 aliphatic rings. The van der Waals surface area contributed by atoms with Gasteiger partial charge >= 0.3 is 5.97 Å². The Morgan fingerprint density at radius 1 is 1.22 bits per heavy atom. The van der Waals surface area contributed by atoms with Gasteiger partial charge < -0.3 is 10.1 Å². The third-order valence-corrected chi connectivity index (χ3v) is 4.05.